The molecule has 0 aliphatic heterocycles. The maximum Gasteiger partial charge on any atom is 0.158 e. The van der Waals surface area contributed by atoms with Crippen LogP contribution in [0.4, 0.5) is 11.6 Å². The number of aromatic nitrogens is 5. The number of likely N-dealkylation sites (N-methyl/N-ethyl adjacent to an activating group) is 1. The zero-order valence-corrected chi connectivity index (χ0v) is 19.4. The van der Waals surface area contributed by atoms with Crippen LogP contribution in [0.1, 0.15) is 12.5 Å². The van der Waals surface area contributed by atoms with E-state index in [0.717, 1.165) is 47.0 Å². The van der Waals surface area contributed by atoms with Crippen LogP contribution >= 0.6 is 11.6 Å². The number of hydrogen-bond acceptors (Lipinski definition) is 8. The van der Waals surface area contributed by atoms with Gasteiger partial charge in [0.05, 0.1) is 23.7 Å². The molecular formula is C22H27ClN8O. The van der Waals surface area contributed by atoms with E-state index < -0.39 is 0 Å². The fourth-order valence-electron chi connectivity index (χ4n) is 3.55. The van der Waals surface area contributed by atoms with Crippen LogP contribution in [0.2, 0.25) is 5.02 Å². The van der Waals surface area contributed by atoms with Gasteiger partial charge in [-0.25, -0.2) is 9.67 Å². The number of anilines is 2. The number of methoxy groups -OCH3 is 1. The monoisotopic (exact) mass is 454 g/mol. The predicted molar refractivity (Wildman–Crippen MR) is 129 cm³/mol. The standard InChI is InChI=1S/C22H27ClN8O/c1-5-31-22-16(13-27-31)19-15(12-26-22)20(24-8-9-30(2)3)28-29-21(19)25-11-14-6-7-18(32-4)17(23)10-14/h6-7,10,12-13H,5,8-9,11H2,1-4H3,(H,24,28)(H,25,29). The molecule has 0 aliphatic carbocycles. The first-order valence-electron chi connectivity index (χ1n) is 10.5. The summed E-state index contributed by atoms with van der Waals surface area (Å²) in [6.45, 7) is 4.95. The molecule has 32 heavy (non-hydrogen) atoms. The van der Waals surface area contributed by atoms with Gasteiger partial charge in [0.15, 0.2) is 17.3 Å². The minimum Gasteiger partial charge on any atom is -0.495 e. The molecule has 168 valence electrons. The Kier molecular flexibility index (Phi) is 6.57. The van der Waals surface area contributed by atoms with Crippen molar-refractivity contribution >= 4 is 45.0 Å². The number of ether oxygens (including phenoxy) is 1. The summed E-state index contributed by atoms with van der Waals surface area (Å²) in [5.74, 6) is 2.03. The molecule has 4 rings (SSSR count). The Morgan fingerprint density at radius 2 is 1.91 bits per heavy atom. The smallest absolute Gasteiger partial charge is 0.158 e. The number of rotatable bonds is 9. The van der Waals surface area contributed by atoms with Gasteiger partial charge in [0, 0.05) is 43.1 Å². The third-order valence-electron chi connectivity index (χ3n) is 5.24. The first kappa shape index (κ1) is 22.0. The van der Waals surface area contributed by atoms with Crippen molar-refractivity contribution in [3.05, 3.63) is 41.2 Å². The molecule has 0 atom stereocenters. The van der Waals surface area contributed by atoms with Gasteiger partial charge in [-0.05, 0) is 38.7 Å². The minimum absolute atomic E-state index is 0.534. The highest BCUT2D eigenvalue weighted by Crippen LogP contribution is 2.32. The lowest BCUT2D eigenvalue weighted by atomic mass is 10.1. The normalized spacial score (nSPS) is 11.4. The maximum absolute atomic E-state index is 6.28. The van der Waals surface area contributed by atoms with Crippen LogP contribution in [0.3, 0.4) is 0 Å². The molecule has 3 heterocycles. The fraction of sp³-hybridized carbons (Fsp3) is 0.364. The maximum atomic E-state index is 6.28. The molecule has 4 aromatic rings. The van der Waals surface area contributed by atoms with E-state index in [-0.39, 0.29) is 0 Å². The van der Waals surface area contributed by atoms with Crippen molar-refractivity contribution in [2.45, 2.75) is 20.0 Å². The Labute approximate surface area is 191 Å². The molecular weight excluding hydrogens is 428 g/mol. The number of hydrogen-bond donors (Lipinski definition) is 2. The minimum atomic E-state index is 0.534. The van der Waals surface area contributed by atoms with Gasteiger partial charge in [-0.1, -0.05) is 17.7 Å². The molecule has 0 radical (unpaired) electrons. The molecule has 0 saturated heterocycles. The lowest BCUT2D eigenvalue weighted by molar-refractivity contribution is 0.415. The molecule has 1 aromatic carbocycles. The van der Waals surface area contributed by atoms with E-state index in [1.54, 1.807) is 7.11 Å². The van der Waals surface area contributed by atoms with E-state index in [4.69, 9.17) is 16.3 Å². The summed E-state index contributed by atoms with van der Waals surface area (Å²) in [6.07, 6.45) is 3.68. The summed E-state index contributed by atoms with van der Waals surface area (Å²) < 4.78 is 7.12. The highest BCUT2D eigenvalue weighted by atomic mass is 35.5. The molecule has 0 spiro atoms. The van der Waals surface area contributed by atoms with E-state index in [1.807, 2.05) is 56.3 Å². The Morgan fingerprint density at radius 1 is 1.09 bits per heavy atom. The summed E-state index contributed by atoms with van der Waals surface area (Å²) in [7, 11) is 5.67. The summed E-state index contributed by atoms with van der Waals surface area (Å²) in [5.41, 5.74) is 1.83. The van der Waals surface area contributed by atoms with Crippen molar-refractivity contribution < 1.29 is 4.74 Å². The van der Waals surface area contributed by atoms with Crippen LogP contribution in [0.5, 0.6) is 5.75 Å². The van der Waals surface area contributed by atoms with E-state index in [2.05, 4.69) is 35.8 Å². The van der Waals surface area contributed by atoms with Gasteiger partial charge in [-0.15, -0.1) is 10.2 Å². The number of nitrogens with one attached hydrogen (secondary N) is 2. The SMILES string of the molecule is CCn1ncc2c3c(NCc4ccc(OC)c(Cl)c4)nnc(NCCN(C)C)c3cnc21. The van der Waals surface area contributed by atoms with Crippen LogP contribution < -0.4 is 15.4 Å². The summed E-state index contributed by atoms with van der Waals surface area (Å²) >= 11 is 6.28. The van der Waals surface area contributed by atoms with Gasteiger partial charge in [0.25, 0.3) is 0 Å². The zero-order chi connectivity index (χ0) is 22.7. The lowest BCUT2D eigenvalue weighted by Gasteiger charge is -2.15. The Balaban J connectivity index is 1.72. The highest BCUT2D eigenvalue weighted by Gasteiger charge is 2.16. The van der Waals surface area contributed by atoms with Crippen molar-refractivity contribution in [1.29, 1.82) is 0 Å². The fourth-order valence-corrected chi connectivity index (χ4v) is 3.83. The Hall–Kier alpha value is -3.17. The number of pyridine rings is 1. The number of aryl methyl sites for hydroxylation is 1. The molecule has 0 unspecified atom stereocenters. The first-order chi connectivity index (χ1) is 15.5. The van der Waals surface area contributed by atoms with Crippen molar-refractivity contribution in [3.8, 4) is 5.75 Å². The third kappa shape index (κ3) is 4.39. The number of benzene rings is 1. The van der Waals surface area contributed by atoms with Crippen LogP contribution in [-0.4, -0.2) is 64.2 Å². The molecule has 0 saturated carbocycles. The molecule has 0 amide bonds. The van der Waals surface area contributed by atoms with Crippen molar-refractivity contribution in [1.82, 2.24) is 29.9 Å². The van der Waals surface area contributed by atoms with Crippen LogP contribution in [0.15, 0.2) is 30.6 Å². The third-order valence-corrected chi connectivity index (χ3v) is 5.53. The van der Waals surface area contributed by atoms with Crippen molar-refractivity contribution in [3.63, 3.8) is 0 Å². The topological polar surface area (TPSA) is 93.0 Å². The average molecular weight is 455 g/mol. The van der Waals surface area contributed by atoms with Gasteiger partial charge in [-0.3, -0.25) is 0 Å². The summed E-state index contributed by atoms with van der Waals surface area (Å²) in [5, 5.41) is 23.6. The summed E-state index contributed by atoms with van der Waals surface area (Å²) in [4.78, 5) is 6.77. The lowest BCUT2D eigenvalue weighted by Crippen LogP contribution is -2.21. The van der Waals surface area contributed by atoms with Gasteiger partial charge in [0.2, 0.25) is 0 Å². The van der Waals surface area contributed by atoms with Crippen LogP contribution in [0.25, 0.3) is 21.8 Å². The van der Waals surface area contributed by atoms with Gasteiger partial charge in [-0.2, -0.15) is 5.10 Å². The van der Waals surface area contributed by atoms with E-state index >= 15 is 0 Å². The molecule has 0 fully saturated rings. The van der Waals surface area contributed by atoms with Gasteiger partial charge < -0.3 is 20.3 Å². The predicted octanol–water partition coefficient (Wildman–Crippen LogP) is 3.64. The van der Waals surface area contributed by atoms with Gasteiger partial charge in [0.1, 0.15) is 5.75 Å². The molecule has 0 bridgehead atoms. The molecule has 9 nitrogen and oxygen atoms in total. The highest BCUT2D eigenvalue weighted by molar-refractivity contribution is 6.32. The largest absolute Gasteiger partial charge is 0.495 e. The van der Waals surface area contributed by atoms with Crippen LogP contribution in [0, 0.1) is 0 Å². The number of halogens is 1. The number of nitrogens with zero attached hydrogens (tertiary/aromatic N) is 6. The molecule has 3 aromatic heterocycles. The second kappa shape index (κ2) is 9.54. The van der Waals surface area contributed by atoms with Crippen molar-refractivity contribution in [2.24, 2.45) is 0 Å². The van der Waals surface area contributed by atoms with Gasteiger partial charge >= 0.3 is 0 Å². The van der Waals surface area contributed by atoms with E-state index in [9.17, 15) is 0 Å². The molecule has 0 aliphatic rings. The molecule has 2 N–H and O–H groups in total. The van der Waals surface area contributed by atoms with E-state index in [1.165, 1.54) is 0 Å². The zero-order valence-electron chi connectivity index (χ0n) is 18.7. The average Bonchev–Trinajstić information content (AvgIpc) is 3.21. The summed E-state index contributed by atoms with van der Waals surface area (Å²) in [6, 6.07) is 5.71. The van der Waals surface area contributed by atoms with Crippen molar-refractivity contribution in [2.75, 3.05) is 44.9 Å². The Morgan fingerprint density at radius 3 is 2.62 bits per heavy atom. The van der Waals surface area contributed by atoms with Crippen LogP contribution in [-0.2, 0) is 13.1 Å². The first-order valence-corrected chi connectivity index (χ1v) is 10.9. The Bertz CT molecular complexity index is 1240. The molecule has 10 heteroatoms. The number of fused-ring (bicyclic) bond motifs is 3. The van der Waals surface area contributed by atoms with E-state index in [0.29, 0.717) is 29.0 Å². The quantitative estimate of drug-likeness (QED) is 0.396. The second-order valence-electron chi connectivity index (χ2n) is 7.69. The second-order valence-corrected chi connectivity index (χ2v) is 8.10.